The maximum Gasteiger partial charge on any atom is 0.183 e. The van der Waals surface area contributed by atoms with Crippen molar-refractivity contribution in [1.82, 2.24) is 9.38 Å². The van der Waals surface area contributed by atoms with E-state index in [1.807, 2.05) is 35.7 Å². The first kappa shape index (κ1) is 14.3. The van der Waals surface area contributed by atoms with Crippen molar-refractivity contribution in [2.24, 2.45) is 10.2 Å². The van der Waals surface area contributed by atoms with Gasteiger partial charge in [-0.25, -0.2) is 4.98 Å². The molecular formula is C17H18N4O. The summed E-state index contributed by atoms with van der Waals surface area (Å²) in [6.07, 6.45) is 1.95. The summed E-state index contributed by atoms with van der Waals surface area (Å²) in [6, 6.07) is 10.9. The van der Waals surface area contributed by atoms with E-state index in [9.17, 15) is 5.11 Å². The van der Waals surface area contributed by atoms with Crippen molar-refractivity contribution in [2.45, 2.75) is 26.7 Å². The van der Waals surface area contributed by atoms with E-state index in [-0.39, 0.29) is 11.7 Å². The van der Waals surface area contributed by atoms with Crippen LogP contribution in [0.4, 0.5) is 11.5 Å². The summed E-state index contributed by atoms with van der Waals surface area (Å²) in [5, 5.41) is 18.3. The lowest BCUT2D eigenvalue weighted by molar-refractivity contribution is 0.476. The van der Waals surface area contributed by atoms with Gasteiger partial charge in [-0.1, -0.05) is 26.0 Å². The molecule has 3 aromatic rings. The molecule has 1 N–H and O–H groups in total. The Morgan fingerprint density at radius 3 is 2.64 bits per heavy atom. The van der Waals surface area contributed by atoms with Gasteiger partial charge in [-0.3, -0.25) is 4.40 Å². The highest BCUT2D eigenvalue weighted by atomic mass is 16.3. The van der Waals surface area contributed by atoms with Gasteiger partial charge in [-0.15, -0.1) is 10.2 Å². The number of pyridine rings is 1. The third-order valence-electron chi connectivity index (χ3n) is 3.46. The first-order valence-corrected chi connectivity index (χ1v) is 7.24. The standard InChI is InChI=1S/C17H18N4O/c1-11(2)16-17(20-19-13-6-4-5-7-14(13)22)21-9-8-12(3)10-15(21)18-16/h4-11,22H,1-3H3. The van der Waals surface area contributed by atoms with E-state index in [1.165, 1.54) is 0 Å². The monoisotopic (exact) mass is 294 g/mol. The Labute approximate surface area is 129 Å². The van der Waals surface area contributed by atoms with Crippen LogP contribution in [-0.4, -0.2) is 14.5 Å². The van der Waals surface area contributed by atoms with Gasteiger partial charge in [0.15, 0.2) is 5.82 Å². The van der Waals surface area contributed by atoms with E-state index in [4.69, 9.17) is 0 Å². The van der Waals surface area contributed by atoms with Crippen molar-refractivity contribution < 1.29 is 5.11 Å². The van der Waals surface area contributed by atoms with Gasteiger partial charge in [0.25, 0.3) is 0 Å². The average Bonchev–Trinajstić information content (AvgIpc) is 2.84. The Hall–Kier alpha value is -2.69. The predicted octanol–water partition coefficient (Wildman–Crippen LogP) is 4.89. The number of fused-ring (bicyclic) bond motifs is 1. The second-order valence-corrected chi connectivity index (χ2v) is 5.60. The number of imidazole rings is 1. The molecule has 0 unspecified atom stereocenters. The molecule has 0 radical (unpaired) electrons. The highest BCUT2D eigenvalue weighted by molar-refractivity contribution is 5.55. The summed E-state index contributed by atoms with van der Waals surface area (Å²) in [5.74, 6) is 1.05. The van der Waals surface area contributed by atoms with Crippen LogP contribution in [0.15, 0.2) is 52.8 Å². The fourth-order valence-corrected chi connectivity index (χ4v) is 2.29. The van der Waals surface area contributed by atoms with Crippen LogP contribution in [0, 0.1) is 6.92 Å². The van der Waals surface area contributed by atoms with E-state index in [0.29, 0.717) is 11.5 Å². The van der Waals surface area contributed by atoms with Gasteiger partial charge in [0.05, 0.1) is 5.69 Å². The zero-order valence-corrected chi connectivity index (χ0v) is 12.9. The molecule has 22 heavy (non-hydrogen) atoms. The summed E-state index contributed by atoms with van der Waals surface area (Å²) in [7, 11) is 0. The summed E-state index contributed by atoms with van der Waals surface area (Å²) in [6.45, 7) is 6.19. The largest absolute Gasteiger partial charge is 0.506 e. The summed E-state index contributed by atoms with van der Waals surface area (Å²) < 4.78 is 1.92. The molecule has 2 heterocycles. The number of aromatic nitrogens is 2. The number of azo groups is 1. The number of hydrogen-bond acceptors (Lipinski definition) is 4. The molecule has 0 saturated heterocycles. The molecule has 3 rings (SSSR count). The van der Waals surface area contributed by atoms with Crippen LogP contribution in [-0.2, 0) is 0 Å². The van der Waals surface area contributed by atoms with Crippen molar-refractivity contribution in [3.8, 4) is 5.75 Å². The molecule has 0 atom stereocenters. The number of phenols is 1. The van der Waals surface area contributed by atoms with Gasteiger partial charge >= 0.3 is 0 Å². The second kappa shape index (κ2) is 5.60. The number of aromatic hydroxyl groups is 1. The minimum absolute atomic E-state index is 0.113. The number of para-hydroxylation sites is 1. The molecule has 0 aliphatic rings. The molecule has 0 spiro atoms. The number of nitrogens with zero attached hydrogens (tertiary/aromatic N) is 4. The fraction of sp³-hybridized carbons (Fsp3) is 0.235. The molecule has 0 fully saturated rings. The molecular weight excluding hydrogens is 276 g/mol. The first-order chi connectivity index (χ1) is 10.6. The number of phenolic OH excluding ortho intramolecular Hbond substituents is 1. The summed E-state index contributed by atoms with van der Waals surface area (Å²) in [4.78, 5) is 4.65. The topological polar surface area (TPSA) is 62.2 Å². The summed E-state index contributed by atoms with van der Waals surface area (Å²) in [5.41, 5.74) is 3.34. The van der Waals surface area contributed by atoms with E-state index in [1.54, 1.807) is 18.2 Å². The Balaban J connectivity index is 2.13. The number of benzene rings is 1. The Morgan fingerprint density at radius 2 is 1.91 bits per heavy atom. The second-order valence-electron chi connectivity index (χ2n) is 5.60. The minimum atomic E-state index is 0.113. The van der Waals surface area contributed by atoms with Crippen LogP contribution in [0.2, 0.25) is 0 Å². The average molecular weight is 294 g/mol. The Morgan fingerprint density at radius 1 is 1.14 bits per heavy atom. The highest BCUT2D eigenvalue weighted by Crippen LogP contribution is 2.31. The normalized spacial score (nSPS) is 11.8. The van der Waals surface area contributed by atoms with E-state index >= 15 is 0 Å². The van der Waals surface area contributed by atoms with E-state index < -0.39 is 0 Å². The predicted molar refractivity (Wildman–Crippen MR) is 86.3 cm³/mol. The van der Waals surface area contributed by atoms with Gasteiger partial charge in [-0.2, -0.15) is 0 Å². The lowest BCUT2D eigenvalue weighted by Crippen LogP contribution is -1.87. The number of aryl methyl sites for hydroxylation is 1. The third kappa shape index (κ3) is 2.57. The van der Waals surface area contributed by atoms with E-state index in [2.05, 4.69) is 29.1 Å². The smallest absolute Gasteiger partial charge is 0.183 e. The molecule has 0 saturated carbocycles. The third-order valence-corrected chi connectivity index (χ3v) is 3.46. The Kier molecular flexibility index (Phi) is 3.63. The Bertz CT molecular complexity index is 849. The molecule has 1 aromatic carbocycles. The van der Waals surface area contributed by atoms with Crippen LogP contribution < -0.4 is 0 Å². The number of hydrogen-bond donors (Lipinski definition) is 1. The summed E-state index contributed by atoms with van der Waals surface area (Å²) >= 11 is 0. The number of rotatable bonds is 3. The lowest BCUT2D eigenvalue weighted by atomic mass is 10.1. The molecule has 2 aromatic heterocycles. The fourth-order valence-electron chi connectivity index (χ4n) is 2.29. The van der Waals surface area contributed by atoms with Gasteiger partial charge in [0.1, 0.15) is 17.1 Å². The van der Waals surface area contributed by atoms with Crippen molar-refractivity contribution in [2.75, 3.05) is 0 Å². The van der Waals surface area contributed by atoms with Crippen LogP contribution in [0.5, 0.6) is 5.75 Å². The van der Waals surface area contributed by atoms with Gasteiger partial charge in [0, 0.05) is 6.20 Å². The first-order valence-electron chi connectivity index (χ1n) is 7.24. The van der Waals surface area contributed by atoms with Crippen molar-refractivity contribution >= 4 is 17.2 Å². The van der Waals surface area contributed by atoms with Crippen molar-refractivity contribution in [1.29, 1.82) is 0 Å². The molecule has 0 amide bonds. The lowest BCUT2D eigenvalue weighted by Gasteiger charge is -2.02. The van der Waals surface area contributed by atoms with Crippen molar-refractivity contribution in [3.63, 3.8) is 0 Å². The quantitative estimate of drug-likeness (QED) is 0.699. The molecule has 5 heteroatoms. The molecule has 0 bridgehead atoms. The zero-order valence-electron chi connectivity index (χ0n) is 12.9. The van der Waals surface area contributed by atoms with Gasteiger partial charge < -0.3 is 5.11 Å². The van der Waals surface area contributed by atoms with Gasteiger partial charge in [-0.05, 0) is 42.7 Å². The zero-order chi connectivity index (χ0) is 15.7. The van der Waals surface area contributed by atoms with Crippen LogP contribution in [0.25, 0.3) is 5.65 Å². The molecule has 5 nitrogen and oxygen atoms in total. The maximum absolute atomic E-state index is 9.79. The van der Waals surface area contributed by atoms with E-state index in [0.717, 1.165) is 16.9 Å². The minimum Gasteiger partial charge on any atom is -0.506 e. The molecule has 0 aliphatic carbocycles. The highest BCUT2D eigenvalue weighted by Gasteiger charge is 2.15. The SMILES string of the molecule is Cc1ccn2c(N=Nc3ccccc3O)c(C(C)C)nc2c1. The molecule has 0 aliphatic heterocycles. The van der Waals surface area contributed by atoms with Crippen LogP contribution >= 0.6 is 0 Å². The molecule has 112 valence electrons. The van der Waals surface area contributed by atoms with Crippen LogP contribution in [0.1, 0.15) is 31.0 Å². The maximum atomic E-state index is 9.79. The van der Waals surface area contributed by atoms with Gasteiger partial charge in [0.2, 0.25) is 0 Å². The van der Waals surface area contributed by atoms with Crippen LogP contribution in [0.3, 0.4) is 0 Å². The van der Waals surface area contributed by atoms with Crippen molar-refractivity contribution in [3.05, 3.63) is 53.9 Å².